The van der Waals surface area contributed by atoms with E-state index < -0.39 is 0 Å². The first kappa shape index (κ1) is 11.5. The number of hydrogen-bond donors (Lipinski definition) is 1. The van der Waals surface area contributed by atoms with Crippen LogP contribution in [-0.4, -0.2) is 15.8 Å². The number of anilines is 1. The second-order valence-corrected chi connectivity index (χ2v) is 5.35. The lowest BCUT2D eigenvalue weighted by atomic mass is 9.78. The van der Waals surface area contributed by atoms with Gasteiger partial charge in [0.15, 0.2) is 0 Å². The van der Waals surface area contributed by atoms with Crippen molar-refractivity contribution in [3.05, 3.63) is 12.4 Å². The molecule has 1 fully saturated rings. The third-order valence-corrected chi connectivity index (χ3v) is 3.73. The summed E-state index contributed by atoms with van der Waals surface area (Å²) in [4.78, 5) is 0. The highest BCUT2D eigenvalue weighted by Gasteiger charge is 2.27. The first-order chi connectivity index (χ1) is 7.66. The van der Waals surface area contributed by atoms with Gasteiger partial charge in [-0.2, -0.15) is 5.10 Å². The van der Waals surface area contributed by atoms with Gasteiger partial charge < -0.3 is 5.32 Å². The van der Waals surface area contributed by atoms with Crippen molar-refractivity contribution in [1.82, 2.24) is 9.78 Å². The fourth-order valence-corrected chi connectivity index (χ4v) is 2.85. The van der Waals surface area contributed by atoms with Crippen LogP contribution in [0.15, 0.2) is 12.4 Å². The van der Waals surface area contributed by atoms with Crippen LogP contribution in [0, 0.1) is 11.8 Å². The Balaban J connectivity index is 2.01. The van der Waals surface area contributed by atoms with Crippen molar-refractivity contribution in [3.63, 3.8) is 0 Å². The second-order valence-electron chi connectivity index (χ2n) is 5.35. The minimum Gasteiger partial charge on any atom is -0.379 e. The molecule has 2 unspecified atom stereocenters. The number of rotatable bonds is 3. The first-order valence-corrected chi connectivity index (χ1v) is 6.42. The first-order valence-electron chi connectivity index (χ1n) is 6.42. The van der Waals surface area contributed by atoms with E-state index in [1.54, 1.807) is 0 Å². The summed E-state index contributed by atoms with van der Waals surface area (Å²) < 4.78 is 1.86. The van der Waals surface area contributed by atoms with Crippen LogP contribution in [0.2, 0.25) is 0 Å². The number of aryl methyl sites for hydroxylation is 1. The predicted molar refractivity (Wildman–Crippen MR) is 67.4 cm³/mol. The molecule has 0 amide bonds. The molecule has 0 aliphatic heterocycles. The van der Waals surface area contributed by atoms with Crippen LogP contribution in [-0.2, 0) is 7.05 Å². The molecule has 1 aliphatic carbocycles. The number of nitrogens with one attached hydrogen (secondary N) is 1. The van der Waals surface area contributed by atoms with Gasteiger partial charge in [0.1, 0.15) is 0 Å². The molecule has 2 rings (SSSR count). The molecule has 0 spiro atoms. The van der Waals surface area contributed by atoms with Gasteiger partial charge in [-0.25, -0.2) is 0 Å². The summed E-state index contributed by atoms with van der Waals surface area (Å²) in [5, 5.41) is 7.86. The van der Waals surface area contributed by atoms with Crippen LogP contribution >= 0.6 is 0 Å². The van der Waals surface area contributed by atoms with Gasteiger partial charge in [-0.15, -0.1) is 0 Å². The van der Waals surface area contributed by atoms with Crippen molar-refractivity contribution in [3.8, 4) is 0 Å². The van der Waals surface area contributed by atoms with E-state index >= 15 is 0 Å². The molecule has 2 atom stereocenters. The maximum Gasteiger partial charge on any atom is 0.0728 e. The number of nitrogens with zero attached hydrogens (tertiary/aromatic N) is 2. The van der Waals surface area contributed by atoms with Crippen molar-refractivity contribution in [2.75, 3.05) is 5.32 Å². The van der Waals surface area contributed by atoms with Crippen molar-refractivity contribution in [2.24, 2.45) is 18.9 Å². The molecule has 1 heterocycles. The molecule has 0 saturated heterocycles. The second kappa shape index (κ2) is 4.89. The van der Waals surface area contributed by atoms with Crippen LogP contribution in [0.4, 0.5) is 5.69 Å². The molecule has 0 radical (unpaired) electrons. The quantitative estimate of drug-likeness (QED) is 0.850. The summed E-state index contributed by atoms with van der Waals surface area (Å²) in [5.41, 5.74) is 1.17. The third kappa shape index (κ3) is 2.57. The molecule has 1 saturated carbocycles. The van der Waals surface area contributed by atoms with Gasteiger partial charge in [-0.3, -0.25) is 4.68 Å². The topological polar surface area (TPSA) is 29.9 Å². The molecule has 1 aromatic rings. The normalized spacial score (nSPS) is 26.0. The fourth-order valence-electron chi connectivity index (χ4n) is 2.85. The van der Waals surface area contributed by atoms with E-state index in [0.29, 0.717) is 6.04 Å². The molecule has 1 N–H and O–H groups in total. The van der Waals surface area contributed by atoms with Gasteiger partial charge in [0.25, 0.3) is 0 Å². The lowest BCUT2D eigenvalue weighted by Gasteiger charge is -2.35. The zero-order chi connectivity index (χ0) is 11.5. The standard InChI is InChI=1S/C13H23N3/c1-10(2)12-6-4-5-7-13(12)15-11-8-14-16(3)9-11/h8-10,12-13,15H,4-7H2,1-3H3. The molecule has 90 valence electrons. The SMILES string of the molecule is CC(C)C1CCCCC1Nc1cnn(C)c1. The van der Waals surface area contributed by atoms with E-state index in [-0.39, 0.29) is 0 Å². The lowest BCUT2D eigenvalue weighted by molar-refractivity contribution is 0.254. The van der Waals surface area contributed by atoms with Crippen LogP contribution in [0.1, 0.15) is 39.5 Å². The van der Waals surface area contributed by atoms with Gasteiger partial charge in [0.2, 0.25) is 0 Å². The molecular formula is C13H23N3. The Kier molecular flexibility index (Phi) is 3.52. The van der Waals surface area contributed by atoms with Gasteiger partial charge in [-0.1, -0.05) is 26.7 Å². The summed E-state index contributed by atoms with van der Waals surface area (Å²) in [6.07, 6.45) is 9.42. The average molecular weight is 221 g/mol. The monoisotopic (exact) mass is 221 g/mol. The summed E-state index contributed by atoms with van der Waals surface area (Å²) >= 11 is 0. The predicted octanol–water partition coefficient (Wildman–Crippen LogP) is 3.05. The largest absolute Gasteiger partial charge is 0.379 e. The van der Waals surface area contributed by atoms with Crippen LogP contribution in [0.3, 0.4) is 0 Å². The molecule has 0 bridgehead atoms. The molecule has 16 heavy (non-hydrogen) atoms. The smallest absolute Gasteiger partial charge is 0.0728 e. The Morgan fingerprint density at radius 3 is 2.75 bits per heavy atom. The van der Waals surface area contributed by atoms with Crippen molar-refractivity contribution < 1.29 is 0 Å². The van der Waals surface area contributed by atoms with E-state index in [4.69, 9.17) is 0 Å². The van der Waals surface area contributed by atoms with Gasteiger partial charge in [-0.05, 0) is 24.7 Å². The highest BCUT2D eigenvalue weighted by atomic mass is 15.3. The van der Waals surface area contributed by atoms with E-state index in [2.05, 4.69) is 30.5 Å². The Hall–Kier alpha value is -0.990. The minimum absolute atomic E-state index is 0.637. The van der Waals surface area contributed by atoms with Gasteiger partial charge >= 0.3 is 0 Å². The number of hydrogen-bond acceptors (Lipinski definition) is 2. The maximum atomic E-state index is 4.21. The van der Waals surface area contributed by atoms with Crippen molar-refractivity contribution >= 4 is 5.69 Å². The molecule has 3 heteroatoms. The summed E-state index contributed by atoms with van der Waals surface area (Å²) in [6.45, 7) is 4.68. The zero-order valence-corrected chi connectivity index (χ0v) is 10.6. The maximum absolute atomic E-state index is 4.21. The average Bonchev–Trinajstić information content (AvgIpc) is 2.64. The highest BCUT2D eigenvalue weighted by molar-refractivity contribution is 5.39. The van der Waals surface area contributed by atoms with E-state index in [9.17, 15) is 0 Å². The third-order valence-electron chi connectivity index (χ3n) is 3.73. The van der Waals surface area contributed by atoms with Crippen molar-refractivity contribution in [1.29, 1.82) is 0 Å². The fraction of sp³-hybridized carbons (Fsp3) is 0.769. The molecule has 1 aromatic heterocycles. The van der Waals surface area contributed by atoms with Crippen LogP contribution < -0.4 is 5.32 Å². The summed E-state index contributed by atoms with van der Waals surface area (Å²) in [5.74, 6) is 1.59. The summed E-state index contributed by atoms with van der Waals surface area (Å²) in [6, 6.07) is 0.637. The van der Waals surface area contributed by atoms with E-state index in [0.717, 1.165) is 11.8 Å². The molecule has 3 nitrogen and oxygen atoms in total. The van der Waals surface area contributed by atoms with E-state index in [1.165, 1.54) is 31.4 Å². The lowest BCUT2D eigenvalue weighted by Crippen LogP contribution is -2.35. The van der Waals surface area contributed by atoms with Crippen LogP contribution in [0.25, 0.3) is 0 Å². The van der Waals surface area contributed by atoms with Gasteiger partial charge in [0.05, 0.1) is 11.9 Å². The Labute approximate surface area is 98.2 Å². The minimum atomic E-state index is 0.637. The summed E-state index contributed by atoms with van der Waals surface area (Å²) in [7, 11) is 1.96. The van der Waals surface area contributed by atoms with Crippen molar-refractivity contribution in [2.45, 2.75) is 45.6 Å². The Bertz CT molecular complexity index is 330. The Morgan fingerprint density at radius 1 is 1.38 bits per heavy atom. The van der Waals surface area contributed by atoms with Crippen LogP contribution in [0.5, 0.6) is 0 Å². The molecular weight excluding hydrogens is 198 g/mol. The molecule has 1 aliphatic rings. The van der Waals surface area contributed by atoms with E-state index in [1.807, 2.05) is 17.9 Å². The zero-order valence-electron chi connectivity index (χ0n) is 10.6. The molecule has 0 aromatic carbocycles. The highest BCUT2D eigenvalue weighted by Crippen LogP contribution is 2.32. The van der Waals surface area contributed by atoms with Gasteiger partial charge in [0, 0.05) is 19.3 Å². The number of aromatic nitrogens is 2. The Morgan fingerprint density at radius 2 is 2.12 bits per heavy atom.